The monoisotopic (exact) mass is 316 g/mol. The SMILES string of the molecule is N#CC(=Cc1ccc(Br)o1)C(=O)Nc1ccccc1. The molecule has 19 heavy (non-hydrogen) atoms. The molecule has 1 heterocycles. The second kappa shape index (κ2) is 6.03. The van der Waals surface area contributed by atoms with Gasteiger partial charge in [0.1, 0.15) is 17.4 Å². The number of nitrogens with zero attached hydrogens (tertiary/aromatic N) is 1. The number of halogens is 1. The summed E-state index contributed by atoms with van der Waals surface area (Å²) in [5.41, 5.74) is 0.611. The maximum Gasteiger partial charge on any atom is 0.266 e. The summed E-state index contributed by atoms with van der Waals surface area (Å²) in [5, 5.41) is 11.6. The van der Waals surface area contributed by atoms with Gasteiger partial charge in [0.05, 0.1) is 0 Å². The number of nitriles is 1. The van der Waals surface area contributed by atoms with Crippen molar-refractivity contribution in [3.8, 4) is 6.07 Å². The Balaban J connectivity index is 2.16. The number of amides is 1. The van der Waals surface area contributed by atoms with Crippen molar-refractivity contribution in [2.75, 3.05) is 5.32 Å². The highest BCUT2D eigenvalue weighted by atomic mass is 79.9. The van der Waals surface area contributed by atoms with Gasteiger partial charge in [0.15, 0.2) is 4.67 Å². The van der Waals surface area contributed by atoms with Crippen LogP contribution in [0.5, 0.6) is 0 Å². The molecule has 0 aliphatic rings. The second-order valence-electron chi connectivity index (χ2n) is 3.63. The third-order valence-corrected chi connectivity index (χ3v) is 2.70. The number of hydrogen-bond acceptors (Lipinski definition) is 3. The Morgan fingerprint density at radius 2 is 2.00 bits per heavy atom. The highest BCUT2D eigenvalue weighted by Crippen LogP contribution is 2.17. The van der Waals surface area contributed by atoms with Crippen molar-refractivity contribution in [2.24, 2.45) is 0 Å². The first-order valence-electron chi connectivity index (χ1n) is 5.42. The predicted molar refractivity (Wildman–Crippen MR) is 75.1 cm³/mol. The van der Waals surface area contributed by atoms with Gasteiger partial charge in [-0.2, -0.15) is 5.26 Å². The summed E-state index contributed by atoms with van der Waals surface area (Å²) in [6.45, 7) is 0. The normalized spacial score (nSPS) is 10.8. The van der Waals surface area contributed by atoms with Crippen molar-refractivity contribution in [3.63, 3.8) is 0 Å². The fourth-order valence-corrected chi connectivity index (χ4v) is 1.74. The first-order chi connectivity index (χ1) is 9.19. The minimum Gasteiger partial charge on any atom is -0.450 e. The van der Waals surface area contributed by atoms with Gasteiger partial charge >= 0.3 is 0 Å². The van der Waals surface area contributed by atoms with E-state index in [-0.39, 0.29) is 5.57 Å². The zero-order valence-electron chi connectivity index (χ0n) is 9.76. The van der Waals surface area contributed by atoms with E-state index in [0.29, 0.717) is 16.1 Å². The van der Waals surface area contributed by atoms with Gasteiger partial charge in [0.2, 0.25) is 0 Å². The predicted octanol–water partition coefficient (Wildman–Crippen LogP) is 3.59. The van der Waals surface area contributed by atoms with Crippen LogP contribution < -0.4 is 5.32 Å². The third-order valence-electron chi connectivity index (χ3n) is 2.28. The van der Waals surface area contributed by atoms with Gasteiger partial charge in [-0.3, -0.25) is 4.79 Å². The van der Waals surface area contributed by atoms with Crippen molar-refractivity contribution in [1.82, 2.24) is 0 Å². The molecule has 2 rings (SSSR count). The summed E-state index contributed by atoms with van der Waals surface area (Å²) in [7, 11) is 0. The van der Waals surface area contributed by atoms with E-state index in [9.17, 15) is 4.79 Å². The Hall–Kier alpha value is -2.32. The first-order valence-corrected chi connectivity index (χ1v) is 6.22. The third kappa shape index (κ3) is 3.57. The van der Waals surface area contributed by atoms with Crippen molar-refractivity contribution in [2.45, 2.75) is 0 Å². The molecular weight excluding hydrogens is 308 g/mol. The summed E-state index contributed by atoms with van der Waals surface area (Å²) >= 11 is 3.16. The van der Waals surface area contributed by atoms with Gasteiger partial charge in [0, 0.05) is 11.8 Å². The van der Waals surface area contributed by atoms with Crippen LogP contribution in [0.1, 0.15) is 5.76 Å². The fraction of sp³-hybridized carbons (Fsp3) is 0. The Kier molecular flexibility index (Phi) is 4.16. The first kappa shape index (κ1) is 13.1. The number of carbonyl (C=O) groups excluding carboxylic acids is 1. The molecule has 0 saturated heterocycles. The van der Waals surface area contributed by atoms with Crippen LogP contribution in [0, 0.1) is 11.3 Å². The Bertz CT molecular complexity index is 654. The van der Waals surface area contributed by atoms with Crippen LogP contribution in [0.25, 0.3) is 6.08 Å². The van der Waals surface area contributed by atoms with Gasteiger partial charge < -0.3 is 9.73 Å². The van der Waals surface area contributed by atoms with E-state index in [1.54, 1.807) is 36.4 Å². The van der Waals surface area contributed by atoms with E-state index in [2.05, 4.69) is 21.2 Å². The minimum atomic E-state index is -0.471. The molecule has 2 aromatic rings. The lowest BCUT2D eigenvalue weighted by Crippen LogP contribution is -2.13. The molecule has 1 N–H and O–H groups in total. The molecule has 0 fully saturated rings. The van der Waals surface area contributed by atoms with Crippen molar-refractivity contribution < 1.29 is 9.21 Å². The van der Waals surface area contributed by atoms with Gasteiger partial charge in [0.25, 0.3) is 5.91 Å². The Labute approximate surface area is 118 Å². The number of para-hydroxylation sites is 1. The Morgan fingerprint density at radius 1 is 1.26 bits per heavy atom. The van der Waals surface area contributed by atoms with E-state index < -0.39 is 5.91 Å². The number of anilines is 1. The molecule has 0 radical (unpaired) electrons. The number of hydrogen-bond donors (Lipinski definition) is 1. The van der Waals surface area contributed by atoms with E-state index in [1.165, 1.54) is 6.08 Å². The van der Waals surface area contributed by atoms with E-state index in [0.717, 1.165) is 0 Å². The standard InChI is InChI=1S/C14H9BrN2O2/c15-13-7-6-12(19-13)8-10(9-16)14(18)17-11-4-2-1-3-5-11/h1-8H,(H,17,18). The molecule has 0 aliphatic heterocycles. The zero-order valence-corrected chi connectivity index (χ0v) is 11.3. The zero-order chi connectivity index (χ0) is 13.7. The quantitative estimate of drug-likeness (QED) is 0.695. The molecule has 0 unspecified atom stereocenters. The van der Waals surface area contributed by atoms with Crippen molar-refractivity contribution in [3.05, 3.63) is 58.5 Å². The number of rotatable bonds is 3. The molecule has 5 heteroatoms. The molecule has 1 aromatic carbocycles. The highest BCUT2D eigenvalue weighted by molar-refractivity contribution is 9.10. The summed E-state index contributed by atoms with van der Waals surface area (Å²) in [6, 6.07) is 14.1. The summed E-state index contributed by atoms with van der Waals surface area (Å²) in [6.07, 6.45) is 1.39. The van der Waals surface area contributed by atoms with Crippen LogP contribution in [0.3, 0.4) is 0 Å². The summed E-state index contributed by atoms with van der Waals surface area (Å²) < 4.78 is 5.77. The number of carbonyl (C=O) groups is 1. The van der Waals surface area contributed by atoms with Gasteiger partial charge in [-0.25, -0.2) is 0 Å². The molecule has 0 spiro atoms. The highest BCUT2D eigenvalue weighted by Gasteiger charge is 2.10. The maximum atomic E-state index is 11.9. The average Bonchev–Trinajstić information content (AvgIpc) is 2.82. The second-order valence-corrected chi connectivity index (χ2v) is 4.41. The van der Waals surface area contributed by atoms with Crippen LogP contribution in [-0.4, -0.2) is 5.91 Å². The molecule has 1 aromatic heterocycles. The number of furan rings is 1. The molecule has 94 valence electrons. The van der Waals surface area contributed by atoms with Gasteiger partial charge in [-0.05, 0) is 40.2 Å². The van der Waals surface area contributed by atoms with Crippen molar-refractivity contribution >= 4 is 33.6 Å². The topological polar surface area (TPSA) is 66.0 Å². The molecule has 0 aliphatic carbocycles. The molecule has 4 nitrogen and oxygen atoms in total. The lowest BCUT2D eigenvalue weighted by Gasteiger charge is -2.02. The van der Waals surface area contributed by atoms with Gasteiger partial charge in [-0.1, -0.05) is 18.2 Å². The lowest BCUT2D eigenvalue weighted by atomic mass is 10.2. The van der Waals surface area contributed by atoms with Crippen LogP contribution in [0.2, 0.25) is 0 Å². The van der Waals surface area contributed by atoms with Crippen LogP contribution >= 0.6 is 15.9 Å². The average molecular weight is 317 g/mol. The van der Waals surface area contributed by atoms with Crippen LogP contribution in [0.15, 0.2) is 57.1 Å². The maximum absolute atomic E-state index is 11.9. The molecule has 0 bridgehead atoms. The van der Waals surface area contributed by atoms with Gasteiger partial charge in [-0.15, -0.1) is 0 Å². The largest absolute Gasteiger partial charge is 0.450 e. The Morgan fingerprint density at radius 3 is 2.58 bits per heavy atom. The van der Waals surface area contributed by atoms with Crippen LogP contribution in [0.4, 0.5) is 5.69 Å². The van der Waals surface area contributed by atoms with Crippen LogP contribution in [-0.2, 0) is 4.79 Å². The number of nitrogens with one attached hydrogen (secondary N) is 1. The smallest absolute Gasteiger partial charge is 0.266 e. The number of benzene rings is 1. The van der Waals surface area contributed by atoms with E-state index in [4.69, 9.17) is 9.68 Å². The van der Waals surface area contributed by atoms with E-state index in [1.807, 2.05) is 12.1 Å². The molecule has 1 amide bonds. The molecule has 0 saturated carbocycles. The molecular formula is C14H9BrN2O2. The van der Waals surface area contributed by atoms with Crippen molar-refractivity contribution in [1.29, 1.82) is 5.26 Å². The minimum absolute atomic E-state index is 0.0225. The summed E-state index contributed by atoms with van der Waals surface area (Å²) in [5.74, 6) is -0.0344. The summed E-state index contributed by atoms with van der Waals surface area (Å²) in [4.78, 5) is 11.9. The lowest BCUT2D eigenvalue weighted by molar-refractivity contribution is -0.112. The van der Waals surface area contributed by atoms with E-state index >= 15 is 0 Å². The molecule has 0 atom stereocenters. The fourth-order valence-electron chi connectivity index (χ4n) is 1.42.